The van der Waals surface area contributed by atoms with E-state index in [1.165, 1.54) is 6.07 Å². The van der Waals surface area contributed by atoms with E-state index in [9.17, 15) is 4.79 Å². The highest BCUT2D eigenvalue weighted by molar-refractivity contribution is 5.85. The largest absolute Gasteiger partial charge is 0.497 e. The molecule has 1 aliphatic heterocycles. The third-order valence-corrected chi connectivity index (χ3v) is 4.42. The van der Waals surface area contributed by atoms with Crippen LogP contribution in [0.1, 0.15) is 23.3 Å². The number of anilines is 2. The van der Waals surface area contributed by atoms with Crippen LogP contribution in [0, 0.1) is 0 Å². The average molecular weight is 357 g/mol. The molecule has 2 heterocycles. The van der Waals surface area contributed by atoms with E-state index in [4.69, 9.17) is 14.6 Å². The van der Waals surface area contributed by atoms with Gasteiger partial charge >= 0.3 is 5.97 Å². The summed E-state index contributed by atoms with van der Waals surface area (Å²) in [5, 5.41) is 12.7. The minimum absolute atomic E-state index is 0.0649. The Hall–Kier alpha value is -2.96. The predicted molar refractivity (Wildman–Crippen MR) is 99.6 cm³/mol. The topological polar surface area (TPSA) is 83.9 Å². The number of hydrogen-bond donors (Lipinski definition) is 2. The van der Waals surface area contributed by atoms with Crippen molar-refractivity contribution in [2.24, 2.45) is 0 Å². The highest BCUT2D eigenvalue weighted by Gasteiger charge is 2.22. The van der Waals surface area contributed by atoms with Crippen molar-refractivity contribution < 1.29 is 19.4 Å². The number of aromatic carboxylic acids is 1. The second-order valence-corrected chi connectivity index (χ2v) is 6.22. The summed E-state index contributed by atoms with van der Waals surface area (Å²) in [5.41, 5.74) is 0.996. The third kappa shape index (κ3) is 4.17. The van der Waals surface area contributed by atoms with Crippen molar-refractivity contribution in [2.75, 3.05) is 37.5 Å². The van der Waals surface area contributed by atoms with Gasteiger partial charge in [0, 0.05) is 43.0 Å². The first-order valence-corrected chi connectivity index (χ1v) is 8.54. The van der Waals surface area contributed by atoms with E-state index in [2.05, 4.69) is 15.2 Å². The molecule has 26 heavy (non-hydrogen) atoms. The maximum Gasteiger partial charge on any atom is 0.354 e. The number of pyridine rings is 1. The van der Waals surface area contributed by atoms with Crippen molar-refractivity contribution in [3.05, 3.63) is 42.1 Å². The number of hydrogen-bond acceptors (Lipinski definition) is 6. The Morgan fingerprint density at radius 3 is 2.62 bits per heavy atom. The van der Waals surface area contributed by atoms with Gasteiger partial charge in [-0.3, -0.25) is 0 Å². The van der Waals surface area contributed by atoms with Crippen molar-refractivity contribution in [1.29, 1.82) is 0 Å². The van der Waals surface area contributed by atoms with Crippen LogP contribution >= 0.6 is 0 Å². The van der Waals surface area contributed by atoms with E-state index >= 15 is 0 Å². The van der Waals surface area contributed by atoms with Crippen LogP contribution in [0.15, 0.2) is 36.4 Å². The zero-order valence-corrected chi connectivity index (χ0v) is 14.9. The van der Waals surface area contributed by atoms with Gasteiger partial charge in [0.05, 0.1) is 14.2 Å². The molecular formula is C19H23N3O4. The summed E-state index contributed by atoms with van der Waals surface area (Å²) in [5.74, 6) is 1.15. The molecule has 0 radical (unpaired) electrons. The lowest BCUT2D eigenvalue weighted by molar-refractivity contribution is 0.0690. The number of methoxy groups -OCH3 is 2. The summed E-state index contributed by atoms with van der Waals surface area (Å²) >= 11 is 0. The number of carbonyl (C=O) groups is 1. The van der Waals surface area contributed by atoms with Crippen LogP contribution in [0.2, 0.25) is 0 Å². The first kappa shape index (κ1) is 17.8. The Kier molecular flexibility index (Phi) is 5.46. The number of carboxylic acids is 1. The van der Waals surface area contributed by atoms with E-state index in [0.29, 0.717) is 5.82 Å². The highest BCUT2D eigenvalue weighted by Crippen LogP contribution is 2.28. The molecule has 0 aliphatic carbocycles. The van der Waals surface area contributed by atoms with Crippen molar-refractivity contribution in [2.45, 2.75) is 18.9 Å². The number of piperidine rings is 1. The summed E-state index contributed by atoms with van der Waals surface area (Å²) < 4.78 is 10.6. The fourth-order valence-corrected chi connectivity index (χ4v) is 3.15. The summed E-state index contributed by atoms with van der Waals surface area (Å²) in [7, 11) is 3.25. The van der Waals surface area contributed by atoms with Crippen LogP contribution in [0.3, 0.4) is 0 Å². The van der Waals surface area contributed by atoms with E-state index in [-0.39, 0.29) is 11.7 Å². The smallest absolute Gasteiger partial charge is 0.354 e. The van der Waals surface area contributed by atoms with Crippen molar-refractivity contribution in [3.8, 4) is 11.5 Å². The molecule has 7 heteroatoms. The van der Waals surface area contributed by atoms with Gasteiger partial charge in [-0.05, 0) is 25.0 Å². The van der Waals surface area contributed by atoms with Crippen LogP contribution in [-0.2, 0) is 0 Å². The van der Waals surface area contributed by atoms with E-state index in [1.54, 1.807) is 20.3 Å². The fourth-order valence-electron chi connectivity index (χ4n) is 3.15. The molecule has 1 aromatic heterocycles. The second kappa shape index (κ2) is 7.95. The second-order valence-electron chi connectivity index (χ2n) is 6.22. The monoisotopic (exact) mass is 357 g/mol. The molecule has 1 unspecified atom stereocenters. The van der Waals surface area contributed by atoms with Crippen LogP contribution in [0.4, 0.5) is 11.5 Å². The molecule has 138 valence electrons. The summed E-state index contributed by atoms with van der Waals surface area (Å²) in [6.07, 6.45) is 2.02. The number of rotatable bonds is 6. The van der Waals surface area contributed by atoms with Gasteiger partial charge in [-0.1, -0.05) is 6.07 Å². The van der Waals surface area contributed by atoms with Crippen LogP contribution in [-0.4, -0.2) is 49.4 Å². The molecule has 1 saturated heterocycles. The summed E-state index contributed by atoms with van der Waals surface area (Å²) in [4.78, 5) is 17.5. The van der Waals surface area contributed by atoms with Crippen molar-refractivity contribution in [3.63, 3.8) is 0 Å². The molecule has 0 bridgehead atoms. The summed E-state index contributed by atoms with van der Waals surface area (Å²) in [6, 6.07) is 11.0. The van der Waals surface area contributed by atoms with Gasteiger partial charge in [-0.2, -0.15) is 0 Å². The first-order chi connectivity index (χ1) is 12.6. The molecule has 0 amide bonds. The molecule has 2 aromatic rings. The Balaban J connectivity index is 1.73. The zero-order valence-electron chi connectivity index (χ0n) is 14.9. The number of nitrogens with zero attached hydrogens (tertiary/aromatic N) is 2. The fraction of sp³-hybridized carbons (Fsp3) is 0.368. The molecule has 0 saturated carbocycles. The average Bonchev–Trinajstić information content (AvgIpc) is 2.68. The molecule has 1 aliphatic rings. The maximum absolute atomic E-state index is 11.1. The molecule has 7 nitrogen and oxygen atoms in total. The third-order valence-electron chi connectivity index (χ3n) is 4.42. The van der Waals surface area contributed by atoms with Crippen molar-refractivity contribution in [1.82, 2.24) is 4.98 Å². The number of carboxylic acid groups (broad SMARTS) is 1. The predicted octanol–water partition coefficient (Wildman–Crippen LogP) is 2.88. The Morgan fingerprint density at radius 1 is 1.23 bits per heavy atom. The maximum atomic E-state index is 11.1. The zero-order chi connectivity index (χ0) is 18.5. The molecule has 2 N–H and O–H groups in total. The molecule has 1 atom stereocenters. The Morgan fingerprint density at radius 2 is 1.96 bits per heavy atom. The lowest BCUT2D eigenvalue weighted by Crippen LogP contribution is -2.42. The van der Waals surface area contributed by atoms with Gasteiger partial charge in [0.25, 0.3) is 0 Å². The van der Waals surface area contributed by atoms with Gasteiger partial charge in [0.1, 0.15) is 17.3 Å². The van der Waals surface area contributed by atoms with E-state index < -0.39 is 5.97 Å². The SMILES string of the molecule is COc1cc(NC2CCCN(c3cccc(C(=O)O)n3)C2)cc(OC)c1. The molecule has 1 aromatic carbocycles. The van der Waals surface area contributed by atoms with Gasteiger partial charge < -0.3 is 24.8 Å². The standard InChI is InChI=1S/C19H23N3O4/c1-25-15-9-14(10-16(11-15)26-2)20-13-5-4-8-22(12-13)18-7-3-6-17(21-18)19(23)24/h3,6-7,9-11,13,20H,4-5,8,12H2,1-2H3,(H,23,24). The number of aromatic nitrogens is 1. The summed E-state index contributed by atoms with van der Waals surface area (Å²) in [6.45, 7) is 1.60. The minimum Gasteiger partial charge on any atom is -0.497 e. The minimum atomic E-state index is -1.01. The van der Waals surface area contributed by atoms with Gasteiger partial charge in [-0.25, -0.2) is 9.78 Å². The molecule has 0 spiro atoms. The van der Waals surface area contributed by atoms with Gasteiger partial charge in [-0.15, -0.1) is 0 Å². The van der Waals surface area contributed by atoms with Crippen molar-refractivity contribution >= 4 is 17.5 Å². The van der Waals surface area contributed by atoms with Crippen LogP contribution in [0.5, 0.6) is 11.5 Å². The van der Waals surface area contributed by atoms with Gasteiger partial charge in [0.15, 0.2) is 5.69 Å². The van der Waals surface area contributed by atoms with E-state index in [1.807, 2.05) is 24.3 Å². The normalized spacial score (nSPS) is 16.8. The number of benzene rings is 1. The van der Waals surface area contributed by atoms with E-state index in [0.717, 1.165) is 43.1 Å². The number of nitrogens with one attached hydrogen (secondary N) is 1. The highest BCUT2D eigenvalue weighted by atomic mass is 16.5. The van der Waals surface area contributed by atoms with Crippen LogP contribution in [0.25, 0.3) is 0 Å². The molecule has 1 fully saturated rings. The Labute approximate surface area is 152 Å². The van der Waals surface area contributed by atoms with Gasteiger partial charge in [0.2, 0.25) is 0 Å². The van der Waals surface area contributed by atoms with Crippen LogP contribution < -0.4 is 19.7 Å². The Bertz CT molecular complexity index is 759. The number of ether oxygens (including phenoxy) is 2. The first-order valence-electron chi connectivity index (χ1n) is 8.54. The molecule has 3 rings (SSSR count). The molecular weight excluding hydrogens is 334 g/mol. The lowest BCUT2D eigenvalue weighted by Gasteiger charge is -2.34. The lowest BCUT2D eigenvalue weighted by atomic mass is 10.0. The quantitative estimate of drug-likeness (QED) is 0.822.